The van der Waals surface area contributed by atoms with Gasteiger partial charge in [-0.15, -0.1) is 12.4 Å². The summed E-state index contributed by atoms with van der Waals surface area (Å²) in [6.45, 7) is 1.52. The summed E-state index contributed by atoms with van der Waals surface area (Å²) in [5.74, 6) is -0.450. The van der Waals surface area contributed by atoms with E-state index in [1.807, 2.05) is 24.3 Å². The molecule has 47 heavy (non-hydrogen) atoms. The highest BCUT2D eigenvalue weighted by Gasteiger charge is 2.28. The molecule has 0 aromatic heterocycles. The van der Waals surface area contributed by atoms with E-state index in [0.717, 1.165) is 27.2 Å². The molecular weight excluding hydrogens is 775 g/mol. The Labute approximate surface area is 294 Å². The highest BCUT2D eigenvalue weighted by atomic mass is 127. The lowest BCUT2D eigenvalue weighted by Crippen LogP contribution is -2.51. The van der Waals surface area contributed by atoms with E-state index in [-0.39, 0.29) is 40.5 Å². The molecule has 6 N–H and O–H groups in total. The Bertz CT molecular complexity index is 1950. The van der Waals surface area contributed by atoms with Gasteiger partial charge in [0.2, 0.25) is 15.9 Å². The third kappa shape index (κ3) is 9.56. The number of hydrogen-bond donors (Lipinski definition) is 5. The van der Waals surface area contributed by atoms with Gasteiger partial charge in [-0.2, -0.15) is 4.72 Å². The number of carbonyl (C=O) groups excluding carboxylic acids is 1. The molecule has 1 heterocycles. The van der Waals surface area contributed by atoms with Crippen molar-refractivity contribution in [2.45, 2.75) is 35.1 Å². The third-order valence-corrected chi connectivity index (χ3v) is 11.4. The maximum absolute atomic E-state index is 13.6. The van der Waals surface area contributed by atoms with Crippen LogP contribution in [0, 0.1) is 14.9 Å². The van der Waals surface area contributed by atoms with Gasteiger partial charge < -0.3 is 16.0 Å². The maximum Gasteiger partial charge on any atom is 0.261 e. The normalized spacial score (nSPS) is 15.8. The zero-order valence-corrected chi connectivity index (χ0v) is 29.8. The van der Waals surface area contributed by atoms with Crippen LogP contribution in [0.2, 0.25) is 0 Å². The molecule has 0 unspecified atom stereocenters. The number of carbonyl (C=O) groups is 1. The molecule has 15 heteroatoms. The second kappa shape index (κ2) is 15.6. The van der Waals surface area contributed by atoms with Crippen molar-refractivity contribution in [3.8, 4) is 0 Å². The second-order valence-corrected chi connectivity index (χ2v) is 15.9. The smallest absolute Gasteiger partial charge is 0.261 e. The number of hydrogen-bond acceptors (Lipinski definition) is 6. The first kappa shape index (κ1) is 36.4. The highest BCUT2D eigenvalue weighted by Crippen LogP contribution is 2.22. The van der Waals surface area contributed by atoms with E-state index < -0.39 is 32.0 Å². The third-order valence-electron chi connectivity index (χ3n) is 7.84. The van der Waals surface area contributed by atoms with Crippen molar-refractivity contribution < 1.29 is 21.6 Å². The number of likely N-dealkylation sites (tertiary alicyclic amines) is 1. The van der Waals surface area contributed by atoms with Gasteiger partial charge in [0.25, 0.3) is 10.0 Å². The SMILES string of the molecule is Cl.N=C(N)N1CCC[C@@H](CNC(=O)[C@@H](Cc2ccc(NS(=O)(=O)c3ccc(I)cc3)cc2)NS(=O)(=O)c2ccc3ccccc3c2)C1. The summed E-state index contributed by atoms with van der Waals surface area (Å²) >= 11 is 2.10. The van der Waals surface area contributed by atoms with Crippen molar-refractivity contribution >= 4 is 83.4 Å². The molecule has 0 spiro atoms. The lowest BCUT2D eigenvalue weighted by molar-refractivity contribution is -0.122. The van der Waals surface area contributed by atoms with E-state index in [9.17, 15) is 21.6 Å². The molecule has 1 aliphatic rings. The fraction of sp³-hybridized carbons (Fsp3) is 0.250. The molecule has 5 rings (SSSR count). The first-order valence-electron chi connectivity index (χ1n) is 14.6. The van der Waals surface area contributed by atoms with Crippen molar-refractivity contribution in [3.63, 3.8) is 0 Å². The number of benzene rings is 4. The van der Waals surface area contributed by atoms with Crippen molar-refractivity contribution in [1.29, 1.82) is 5.41 Å². The average molecular weight is 811 g/mol. The number of nitrogens with two attached hydrogens (primary N) is 1. The van der Waals surface area contributed by atoms with Crippen LogP contribution in [-0.4, -0.2) is 59.3 Å². The Kier molecular flexibility index (Phi) is 12.1. The number of halogens is 2. The number of nitrogens with zero attached hydrogens (tertiary/aromatic N) is 1. The summed E-state index contributed by atoms with van der Waals surface area (Å²) in [5, 5.41) is 12.3. The number of sulfonamides is 2. The molecule has 1 fully saturated rings. The highest BCUT2D eigenvalue weighted by molar-refractivity contribution is 14.1. The minimum atomic E-state index is -4.10. The molecule has 2 atom stereocenters. The quantitative estimate of drug-likeness (QED) is 0.0855. The molecule has 0 bridgehead atoms. The van der Waals surface area contributed by atoms with Crippen LogP contribution in [0.25, 0.3) is 10.8 Å². The van der Waals surface area contributed by atoms with Gasteiger partial charge in [-0.1, -0.05) is 42.5 Å². The molecule has 250 valence electrons. The van der Waals surface area contributed by atoms with Crippen molar-refractivity contribution in [3.05, 3.63) is 100 Å². The van der Waals surface area contributed by atoms with Gasteiger partial charge in [0, 0.05) is 28.9 Å². The van der Waals surface area contributed by atoms with Gasteiger partial charge in [0.05, 0.1) is 9.79 Å². The van der Waals surface area contributed by atoms with Crippen LogP contribution in [0.1, 0.15) is 18.4 Å². The summed E-state index contributed by atoms with van der Waals surface area (Å²) in [4.78, 5) is 15.5. The average Bonchev–Trinajstić information content (AvgIpc) is 3.04. The molecule has 0 radical (unpaired) electrons. The Balaban J connectivity index is 0.00000500. The van der Waals surface area contributed by atoms with E-state index in [2.05, 4.69) is 37.4 Å². The molecular formula is C32H36ClIN6O5S2. The zero-order valence-electron chi connectivity index (χ0n) is 25.2. The lowest BCUT2D eigenvalue weighted by atomic mass is 9.98. The summed E-state index contributed by atoms with van der Waals surface area (Å²) in [5.41, 5.74) is 6.62. The Morgan fingerprint density at radius 2 is 1.57 bits per heavy atom. The number of piperidine rings is 1. The second-order valence-electron chi connectivity index (χ2n) is 11.2. The van der Waals surface area contributed by atoms with Gasteiger partial charge in [0.15, 0.2) is 5.96 Å². The minimum Gasteiger partial charge on any atom is -0.370 e. The number of guanidine groups is 1. The van der Waals surface area contributed by atoms with Crippen molar-refractivity contribution in [1.82, 2.24) is 14.9 Å². The molecule has 0 saturated carbocycles. The monoisotopic (exact) mass is 810 g/mol. The van der Waals surface area contributed by atoms with E-state index in [1.165, 1.54) is 18.2 Å². The van der Waals surface area contributed by atoms with Crippen LogP contribution in [0.3, 0.4) is 0 Å². The first-order valence-corrected chi connectivity index (χ1v) is 18.7. The molecule has 4 aromatic carbocycles. The zero-order chi connectivity index (χ0) is 32.9. The van der Waals surface area contributed by atoms with Gasteiger partial charge in [-0.3, -0.25) is 14.9 Å². The lowest BCUT2D eigenvalue weighted by Gasteiger charge is -2.33. The number of rotatable bonds is 11. The molecule has 1 amide bonds. The topological polar surface area (TPSA) is 175 Å². The van der Waals surface area contributed by atoms with E-state index >= 15 is 0 Å². The van der Waals surface area contributed by atoms with Crippen LogP contribution >= 0.6 is 35.0 Å². The van der Waals surface area contributed by atoms with E-state index in [0.29, 0.717) is 30.9 Å². The van der Waals surface area contributed by atoms with Crippen LogP contribution < -0.4 is 20.5 Å². The minimum absolute atomic E-state index is 0. The molecule has 0 aliphatic carbocycles. The van der Waals surface area contributed by atoms with Gasteiger partial charge in [-0.25, -0.2) is 16.8 Å². The predicted octanol–water partition coefficient (Wildman–Crippen LogP) is 4.28. The van der Waals surface area contributed by atoms with Crippen LogP contribution in [0.4, 0.5) is 5.69 Å². The molecule has 11 nitrogen and oxygen atoms in total. The Morgan fingerprint density at radius 3 is 2.26 bits per heavy atom. The summed E-state index contributed by atoms with van der Waals surface area (Å²) in [6.07, 6.45) is 1.70. The first-order chi connectivity index (χ1) is 21.9. The standard InChI is InChI=1S/C32H35IN6O5S2.ClH/c33-26-10-15-28(16-11-26)45(41,42)37-27-12-7-22(8-13-27)18-30(31(40)36-20-23-4-3-17-39(21-23)32(34)35)38-46(43,44)29-14-9-24-5-1-2-6-25(24)19-29;/h1-2,5-16,19,23,30,37-38H,3-4,17-18,20-21H2,(H3,34,35)(H,36,40);1H/t23-,30+;/m0./s1. The summed E-state index contributed by atoms with van der Waals surface area (Å²) in [6, 6.07) is 24.0. The summed E-state index contributed by atoms with van der Waals surface area (Å²) in [7, 11) is -7.91. The van der Waals surface area contributed by atoms with Gasteiger partial charge >= 0.3 is 0 Å². The fourth-order valence-electron chi connectivity index (χ4n) is 5.37. The summed E-state index contributed by atoms with van der Waals surface area (Å²) < 4.78 is 58.8. The van der Waals surface area contributed by atoms with Gasteiger partial charge in [0.1, 0.15) is 6.04 Å². The van der Waals surface area contributed by atoms with Crippen LogP contribution in [0.5, 0.6) is 0 Å². The van der Waals surface area contributed by atoms with E-state index in [1.54, 1.807) is 53.4 Å². The van der Waals surface area contributed by atoms with Crippen LogP contribution in [-0.2, 0) is 31.3 Å². The number of anilines is 1. The van der Waals surface area contributed by atoms with Gasteiger partial charge in [-0.05, 0) is 113 Å². The molecule has 1 aliphatic heterocycles. The van der Waals surface area contributed by atoms with E-state index in [4.69, 9.17) is 11.1 Å². The Morgan fingerprint density at radius 1 is 0.915 bits per heavy atom. The maximum atomic E-state index is 13.6. The Hall–Kier alpha value is -3.44. The predicted molar refractivity (Wildman–Crippen MR) is 195 cm³/mol. The van der Waals surface area contributed by atoms with Crippen LogP contribution in [0.15, 0.2) is 101 Å². The largest absolute Gasteiger partial charge is 0.370 e. The molecule has 1 saturated heterocycles. The molecule has 4 aromatic rings. The number of amides is 1. The van der Waals surface area contributed by atoms with Crippen molar-refractivity contribution in [2.24, 2.45) is 11.7 Å². The number of fused-ring (bicyclic) bond motifs is 1. The van der Waals surface area contributed by atoms with Crippen molar-refractivity contribution in [2.75, 3.05) is 24.4 Å². The fourth-order valence-corrected chi connectivity index (χ4v) is 8.02. The number of nitrogens with one attached hydrogen (secondary N) is 4.